The van der Waals surface area contributed by atoms with Crippen molar-refractivity contribution in [3.8, 4) is 16.9 Å². The molecular formula is C26H18ClN5OS. The number of aromatic nitrogens is 2. The van der Waals surface area contributed by atoms with Gasteiger partial charge in [0.2, 0.25) is 0 Å². The number of nitrogens with one attached hydrogen (secondary N) is 1. The number of para-hydroxylation sites is 1. The lowest BCUT2D eigenvalue weighted by molar-refractivity contribution is -0.115. The number of amidine groups is 1. The van der Waals surface area contributed by atoms with Crippen LogP contribution in [0.25, 0.3) is 23.0 Å². The third-order valence-electron chi connectivity index (χ3n) is 4.97. The highest BCUT2D eigenvalue weighted by molar-refractivity contribution is 8.18. The van der Waals surface area contributed by atoms with Gasteiger partial charge in [-0.25, -0.2) is 4.68 Å². The number of hydrogen-bond donors (Lipinski definition) is 1. The summed E-state index contributed by atoms with van der Waals surface area (Å²) in [5.74, 6) is -0.229. The number of carbonyl (C=O) groups is 1. The van der Waals surface area contributed by atoms with Gasteiger partial charge in [0.25, 0.3) is 5.91 Å². The van der Waals surface area contributed by atoms with Gasteiger partial charge in [0, 0.05) is 22.3 Å². The van der Waals surface area contributed by atoms with Gasteiger partial charge in [-0.15, -0.1) is 5.10 Å². The number of hydrogen-bond acceptors (Lipinski definition) is 5. The molecule has 8 heteroatoms. The van der Waals surface area contributed by atoms with Crippen LogP contribution in [-0.4, -0.2) is 27.1 Å². The quantitative estimate of drug-likeness (QED) is 0.222. The van der Waals surface area contributed by atoms with E-state index in [1.54, 1.807) is 10.9 Å². The maximum atomic E-state index is 12.6. The summed E-state index contributed by atoms with van der Waals surface area (Å²) in [5, 5.41) is 16.8. The molecule has 1 saturated heterocycles. The van der Waals surface area contributed by atoms with E-state index >= 15 is 0 Å². The van der Waals surface area contributed by atoms with Crippen LogP contribution in [0.4, 0.5) is 0 Å². The van der Waals surface area contributed by atoms with E-state index in [0.29, 0.717) is 15.1 Å². The summed E-state index contributed by atoms with van der Waals surface area (Å²) in [6, 6.07) is 26.9. The molecule has 0 atom stereocenters. The summed E-state index contributed by atoms with van der Waals surface area (Å²) >= 11 is 7.31. The molecule has 34 heavy (non-hydrogen) atoms. The van der Waals surface area contributed by atoms with Gasteiger partial charge in [0.1, 0.15) is 0 Å². The highest BCUT2D eigenvalue weighted by atomic mass is 35.5. The van der Waals surface area contributed by atoms with E-state index in [4.69, 9.17) is 16.7 Å². The topological polar surface area (TPSA) is 71.6 Å². The zero-order valence-corrected chi connectivity index (χ0v) is 19.4. The molecule has 0 aliphatic carbocycles. The molecule has 0 unspecified atom stereocenters. The summed E-state index contributed by atoms with van der Waals surface area (Å²) in [4.78, 5) is 13.1. The van der Waals surface area contributed by atoms with Crippen molar-refractivity contribution in [3.05, 3.63) is 112 Å². The molecule has 2 heterocycles. The third-order valence-corrected chi connectivity index (χ3v) is 6.13. The Morgan fingerprint density at radius 3 is 2.38 bits per heavy atom. The van der Waals surface area contributed by atoms with Gasteiger partial charge in [0.15, 0.2) is 5.17 Å². The minimum absolute atomic E-state index is 0.229. The van der Waals surface area contributed by atoms with E-state index in [-0.39, 0.29) is 5.91 Å². The van der Waals surface area contributed by atoms with Gasteiger partial charge in [-0.2, -0.15) is 10.2 Å². The molecule has 1 fully saturated rings. The number of carbonyl (C=O) groups excluding carboxylic acids is 1. The Morgan fingerprint density at radius 2 is 1.65 bits per heavy atom. The lowest BCUT2D eigenvalue weighted by Crippen LogP contribution is -2.19. The lowest BCUT2D eigenvalue weighted by atomic mass is 10.1. The second kappa shape index (κ2) is 9.91. The van der Waals surface area contributed by atoms with Crippen LogP contribution in [0.5, 0.6) is 0 Å². The molecule has 166 valence electrons. The Labute approximate surface area is 205 Å². The standard InChI is InChI=1S/C26H18ClN5OS/c27-21-13-11-19(12-14-21)24-20(17-32(31-24)22-9-5-2-6-10-22)15-23-25(33)29-26(34-23)30-28-16-18-7-3-1-4-8-18/h1-17H,(H,29,30,33). The minimum Gasteiger partial charge on any atom is -0.299 e. The van der Waals surface area contributed by atoms with E-state index in [9.17, 15) is 4.79 Å². The van der Waals surface area contributed by atoms with Crippen LogP contribution in [0.2, 0.25) is 5.02 Å². The molecule has 1 aliphatic heterocycles. The second-order valence-corrected chi connectivity index (χ2v) is 8.81. The first-order valence-electron chi connectivity index (χ1n) is 10.4. The molecule has 4 aromatic rings. The van der Waals surface area contributed by atoms with Crippen molar-refractivity contribution in [3.63, 3.8) is 0 Å². The van der Waals surface area contributed by atoms with E-state index in [0.717, 1.165) is 28.1 Å². The summed E-state index contributed by atoms with van der Waals surface area (Å²) in [6.45, 7) is 0. The second-order valence-electron chi connectivity index (χ2n) is 7.35. The Bertz CT molecular complexity index is 1410. The Morgan fingerprint density at radius 1 is 0.941 bits per heavy atom. The van der Waals surface area contributed by atoms with Gasteiger partial charge >= 0.3 is 0 Å². The molecule has 1 N–H and O–H groups in total. The zero-order valence-electron chi connectivity index (χ0n) is 17.8. The number of nitrogens with zero attached hydrogens (tertiary/aromatic N) is 4. The molecule has 1 aliphatic rings. The van der Waals surface area contributed by atoms with Crippen LogP contribution in [0.1, 0.15) is 11.1 Å². The normalized spacial score (nSPS) is 16.0. The molecule has 0 spiro atoms. The Balaban J connectivity index is 1.46. The summed E-state index contributed by atoms with van der Waals surface area (Å²) in [5.41, 5.74) is 4.30. The summed E-state index contributed by atoms with van der Waals surface area (Å²) < 4.78 is 1.80. The SMILES string of the molecule is O=C1N/C(=N\N=Cc2ccccc2)SC1=Cc1cn(-c2ccccc2)nc1-c1ccc(Cl)cc1. The van der Waals surface area contributed by atoms with Crippen molar-refractivity contribution in [2.75, 3.05) is 0 Å². The van der Waals surface area contributed by atoms with E-state index in [2.05, 4.69) is 15.5 Å². The molecule has 0 saturated carbocycles. The lowest BCUT2D eigenvalue weighted by Gasteiger charge is -2.01. The minimum atomic E-state index is -0.229. The zero-order chi connectivity index (χ0) is 23.3. The largest absolute Gasteiger partial charge is 0.299 e. The predicted molar refractivity (Wildman–Crippen MR) is 139 cm³/mol. The maximum Gasteiger partial charge on any atom is 0.264 e. The fraction of sp³-hybridized carbons (Fsp3) is 0. The van der Waals surface area contributed by atoms with Crippen LogP contribution in [-0.2, 0) is 4.79 Å². The monoisotopic (exact) mass is 483 g/mol. The van der Waals surface area contributed by atoms with Gasteiger partial charge in [-0.3, -0.25) is 10.1 Å². The molecule has 6 nitrogen and oxygen atoms in total. The maximum absolute atomic E-state index is 12.6. The molecule has 5 rings (SSSR count). The smallest absolute Gasteiger partial charge is 0.264 e. The summed E-state index contributed by atoms with van der Waals surface area (Å²) in [6.07, 6.45) is 5.37. The van der Waals surface area contributed by atoms with E-state index < -0.39 is 0 Å². The first kappa shape index (κ1) is 21.9. The van der Waals surface area contributed by atoms with Crippen molar-refractivity contribution in [2.24, 2.45) is 10.2 Å². The predicted octanol–water partition coefficient (Wildman–Crippen LogP) is 5.79. The highest BCUT2D eigenvalue weighted by Crippen LogP contribution is 2.31. The first-order valence-corrected chi connectivity index (χ1v) is 11.6. The Kier molecular flexibility index (Phi) is 6.38. The van der Waals surface area contributed by atoms with Crippen molar-refractivity contribution in [1.82, 2.24) is 15.1 Å². The van der Waals surface area contributed by atoms with Crippen molar-refractivity contribution < 1.29 is 4.79 Å². The molecule has 1 amide bonds. The van der Waals surface area contributed by atoms with Crippen LogP contribution in [0, 0.1) is 0 Å². The fourth-order valence-corrected chi connectivity index (χ4v) is 4.24. The van der Waals surface area contributed by atoms with Crippen molar-refractivity contribution in [2.45, 2.75) is 0 Å². The van der Waals surface area contributed by atoms with Crippen LogP contribution in [0.3, 0.4) is 0 Å². The average molecular weight is 484 g/mol. The number of thioether (sulfide) groups is 1. The molecule has 0 bridgehead atoms. The highest BCUT2D eigenvalue weighted by Gasteiger charge is 2.25. The van der Waals surface area contributed by atoms with Gasteiger partial charge in [-0.05, 0) is 47.7 Å². The van der Waals surface area contributed by atoms with Crippen molar-refractivity contribution in [1.29, 1.82) is 0 Å². The van der Waals surface area contributed by atoms with Crippen LogP contribution in [0.15, 0.2) is 106 Å². The average Bonchev–Trinajstić information content (AvgIpc) is 3.44. The number of halogens is 1. The van der Waals surface area contributed by atoms with E-state index in [1.165, 1.54) is 11.8 Å². The number of benzene rings is 3. The molecule has 3 aromatic carbocycles. The fourth-order valence-electron chi connectivity index (χ4n) is 3.34. The van der Waals surface area contributed by atoms with Crippen LogP contribution < -0.4 is 5.32 Å². The number of amides is 1. The van der Waals surface area contributed by atoms with Gasteiger partial charge in [0.05, 0.1) is 22.5 Å². The first-order chi connectivity index (χ1) is 16.7. The molecule has 0 radical (unpaired) electrons. The van der Waals surface area contributed by atoms with Gasteiger partial charge < -0.3 is 0 Å². The molecule has 1 aromatic heterocycles. The van der Waals surface area contributed by atoms with E-state index in [1.807, 2.05) is 97.2 Å². The van der Waals surface area contributed by atoms with Crippen molar-refractivity contribution >= 4 is 46.7 Å². The van der Waals surface area contributed by atoms with Crippen LogP contribution >= 0.6 is 23.4 Å². The Hall–Kier alpha value is -3.94. The number of rotatable bonds is 5. The summed E-state index contributed by atoms with van der Waals surface area (Å²) in [7, 11) is 0. The third kappa shape index (κ3) is 5.01. The molecular weight excluding hydrogens is 466 g/mol. The van der Waals surface area contributed by atoms with Gasteiger partial charge in [-0.1, -0.05) is 72.3 Å².